The van der Waals surface area contributed by atoms with E-state index < -0.39 is 0 Å². The standard InChI is InChI=1S/C28H34N6O/c29-17-20(28-19-31-26-9-1-2-10-27(26)33-28)18-30-21-11-13-34(14-12-21)24-7-3-5-22(15-24)32-23-6-4-8-25(35)16-23/h1-3,5,7,9-10,15,18-19,21,23,30,32H,4,6,8,11-14,16-17,29H2/b20-18+. The largest absolute Gasteiger partial charge is 0.388 e. The number of benzene rings is 2. The van der Waals surface area contributed by atoms with Gasteiger partial charge in [-0.05, 0) is 56.0 Å². The molecule has 35 heavy (non-hydrogen) atoms. The minimum Gasteiger partial charge on any atom is -0.388 e. The number of hydrogen-bond donors (Lipinski definition) is 3. The Hall–Kier alpha value is -3.45. The number of Topliss-reactive ketones (excluding diaryl/α,β-unsaturated/α-hetero) is 1. The molecule has 4 N–H and O–H groups in total. The van der Waals surface area contributed by atoms with E-state index in [2.05, 4.69) is 44.8 Å². The summed E-state index contributed by atoms with van der Waals surface area (Å²) in [6, 6.07) is 17.1. The molecule has 1 aliphatic carbocycles. The van der Waals surface area contributed by atoms with Crippen LogP contribution in [0.4, 0.5) is 11.4 Å². The smallest absolute Gasteiger partial charge is 0.134 e. The van der Waals surface area contributed by atoms with Gasteiger partial charge >= 0.3 is 0 Å². The van der Waals surface area contributed by atoms with Crippen molar-refractivity contribution in [2.45, 2.75) is 50.6 Å². The maximum Gasteiger partial charge on any atom is 0.134 e. The molecule has 2 aromatic carbocycles. The number of para-hydroxylation sites is 2. The molecule has 7 heteroatoms. The molecule has 2 heterocycles. The van der Waals surface area contributed by atoms with Gasteiger partial charge in [0.05, 0.1) is 22.9 Å². The molecule has 7 nitrogen and oxygen atoms in total. The normalized spacial score (nSPS) is 19.7. The van der Waals surface area contributed by atoms with Crippen molar-refractivity contribution in [2.75, 3.05) is 29.9 Å². The van der Waals surface area contributed by atoms with Crippen molar-refractivity contribution in [3.8, 4) is 0 Å². The van der Waals surface area contributed by atoms with Crippen LogP contribution in [0.2, 0.25) is 0 Å². The van der Waals surface area contributed by atoms with Crippen molar-refractivity contribution in [3.05, 3.63) is 66.6 Å². The van der Waals surface area contributed by atoms with Gasteiger partial charge in [0.1, 0.15) is 5.78 Å². The second-order valence-corrected chi connectivity index (χ2v) is 9.57. The summed E-state index contributed by atoms with van der Waals surface area (Å²) in [5.74, 6) is 0.374. The van der Waals surface area contributed by atoms with Gasteiger partial charge in [-0.1, -0.05) is 18.2 Å². The van der Waals surface area contributed by atoms with Crippen LogP contribution in [0, 0.1) is 0 Å². The summed E-state index contributed by atoms with van der Waals surface area (Å²) in [6.07, 6.45) is 9.35. The minimum absolute atomic E-state index is 0.261. The number of ketones is 1. The van der Waals surface area contributed by atoms with E-state index in [1.54, 1.807) is 6.20 Å². The van der Waals surface area contributed by atoms with Gasteiger partial charge in [0.15, 0.2) is 0 Å². The van der Waals surface area contributed by atoms with Crippen molar-refractivity contribution in [1.82, 2.24) is 15.3 Å². The maximum atomic E-state index is 11.8. The third kappa shape index (κ3) is 5.80. The average molecular weight is 471 g/mol. The van der Waals surface area contributed by atoms with Gasteiger partial charge in [0, 0.05) is 67.7 Å². The summed E-state index contributed by atoms with van der Waals surface area (Å²) in [5, 5.41) is 7.15. The van der Waals surface area contributed by atoms with Crippen LogP contribution in [0.25, 0.3) is 16.6 Å². The zero-order valence-electron chi connectivity index (χ0n) is 20.1. The molecule has 0 amide bonds. The van der Waals surface area contributed by atoms with E-state index in [9.17, 15) is 4.79 Å². The highest BCUT2D eigenvalue weighted by Crippen LogP contribution is 2.26. The van der Waals surface area contributed by atoms with Crippen molar-refractivity contribution in [3.63, 3.8) is 0 Å². The molecule has 1 saturated carbocycles. The van der Waals surface area contributed by atoms with Crippen molar-refractivity contribution < 1.29 is 4.79 Å². The van der Waals surface area contributed by atoms with Crippen LogP contribution in [0.15, 0.2) is 60.9 Å². The summed E-state index contributed by atoms with van der Waals surface area (Å²) in [5.41, 5.74) is 11.9. The first-order valence-corrected chi connectivity index (χ1v) is 12.7. The molecule has 0 spiro atoms. The molecule has 1 aliphatic heterocycles. The van der Waals surface area contributed by atoms with Crippen LogP contribution >= 0.6 is 0 Å². The fraction of sp³-hybridized carbons (Fsp3) is 0.393. The number of carbonyl (C=O) groups excluding carboxylic acids is 1. The number of nitrogens with one attached hydrogen (secondary N) is 2. The zero-order valence-corrected chi connectivity index (χ0v) is 20.1. The van der Waals surface area contributed by atoms with Crippen LogP contribution in [-0.4, -0.2) is 47.5 Å². The van der Waals surface area contributed by atoms with E-state index in [4.69, 9.17) is 10.7 Å². The summed E-state index contributed by atoms with van der Waals surface area (Å²) in [6.45, 7) is 2.39. The number of piperidine rings is 1. The third-order valence-corrected chi connectivity index (χ3v) is 7.05. The Balaban J connectivity index is 1.17. The van der Waals surface area contributed by atoms with E-state index in [-0.39, 0.29) is 6.04 Å². The predicted molar refractivity (Wildman–Crippen MR) is 142 cm³/mol. The lowest BCUT2D eigenvalue weighted by molar-refractivity contribution is -0.120. The Bertz CT molecular complexity index is 1200. The lowest BCUT2D eigenvalue weighted by Crippen LogP contribution is -2.41. The van der Waals surface area contributed by atoms with E-state index in [1.165, 1.54) is 5.69 Å². The molecule has 5 rings (SSSR count). The number of aromatic nitrogens is 2. The average Bonchev–Trinajstić information content (AvgIpc) is 2.89. The molecule has 0 radical (unpaired) electrons. The number of nitrogens with zero attached hydrogens (tertiary/aromatic N) is 3. The quantitative estimate of drug-likeness (QED) is 0.478. The number of hydrogen-bond acceptors (Lipinski definition) is 7. The molecule has 2 fully saturated rings. The monoisotopic (exact) mass is 470 g/mol. The molecular formula is C28H34N6O. The molecule has 1 aromatic heterocycles. The topological polar surface area (TPSA) is 96.2 Å². The van der Waals surface area contributed by atoms with Gasteiger partial charge in [0.25, 0.3) is 0 Å². The minimum atomic E-state index is 0.261. The van der Waals surface area contributed by atoms with Crippen molar-refractivity contribution in [2.24, 2.45) is 5.73 Å². The molecule has 1 atom stereocenters. The lowest BCUT2D eigenvalue weighted by Gasteiger charge is -2.34. The van der Waals surface area contributed by atoms with E-state index >= 15 is 0 Å². The van der Waals surface area contributed by atoms with E-state index in [0.29, 0.717) is 24.8 Å². The summed E-state index contributed by atoms with van der Waals surface area (Å²) in [7, 11) is 0. The number of anilines is 2. The summed E-state index contributed by atoms with van der Waals surface area (Å²) < 4.78 is 0. The molecule has 0 bridgehead atoms. The summed E-state index contributed by atoms with van der Waals surface area (Å²) >= 11 is 0. The highest BCUT2D eigenvalue weighted by Gasteiger charge is 2.21. The van der Waals surface area contributed by atoms with Crippen LogP contribution in [-0.2, 0) is 4.79 Å². The van der Waals surface area contributed by atoms with Gasteiger partial charge in [-0.15, -0.1) is 0 Å². The predicted octanol–water partition coefficient (Wildman–Crippen LogP) is 4.11. The van der Waals surface area contributed by atoms with Crippen LogP contribution in [0.1, 0.15) is 44.2 Å². The van der Waals surface area contributed by atoms with E-state index in [1.807, 2.05) is 30.5 Å². The fourth-order valence-corrected chi connectivity index (χ4v) is 5.05. The molecule has 3 aromatic rings. The van der Waals surface area contributed by atoms with Crippen molar-refractivity contribution in [1.29, 1.82) is 0 Å². The van der Waals surface area contributed by atoms with Crippen LogP contribution < -0.4 is 21.3 Å². The lowest BCUT2D eigenvalue weighted by atomic mass is 9.94. The number of nitrogens with two attached hydrogens (primary N) is 1. The number of rotatable bonds is 7. The maximum absolute atomic E-state index is 11.8. The Kier molecular flexibility index (Phi) is 7.23. The second-order valence-electron chi connectivity index (χ2n) is 9.57. The Morgan fingerprint density at radius 3 is 2.69 bits per heavy atom. The van der Waals surface area contributed by atoms with Gasteiger partial charge in [-0.2, -0.15) is 0 Å². The highest BCUT2D eigenvalue weighted by atomic mass is 16.1. The first-order chi connectivity index (χ1) is 17.2. The van der Waals surface area contributed by atoms with Gasteiger partial charge in [0.2, 0.25) is 0 Å². The van der Waals surface area contributed by atoms with Crippen LogP contribution in [0.5, 0.6) is 0 Å². The van der Waals surface area contributed by atoms with Gasteiger partial charge < -0.3 is 21.3 Å². The third-order valence-electron chi connectivity index (χ3n) is 7.05. The number of carbonyl (C=O) groups is 1. The first-order valence-electron chi connectivity index (χ1n) is 12.7. The van der Waals surface area contributed by atoms with Gasteiger partial charge in [-0.3, -0.25) is 9.78 Å². The summed E-state index contributed by atoms with van der Waals surface area (Å²) in [4.78, 5) is 23.5. The molecule has 1 saturated heterocycles. The van der Waals surface area contributed by atoms with E-state index in [0.717, 1.165) is 73.2 Å². The highest BCUT2D eigenvalue weighted by molar-refractivity contribution is 5.80. The zero-order chi connectivity index (χ0) is 24.0. The van der Waals surface area contributed by atoms with Gasteiger partial charge in [-0.25, -0.2) is 4.98 Å². The SMILES string of the molecule is NC/C(=C\NC1CCN(c2cccc(NC3CCCC(=O)C3)c2)CC1)c1cnc2ccccc2n1. The fourth-order valence-electron chi connectivity index (χ4n) is 5.05. The first kappa shape index (κ1) is 23.3. The molecule has 1 unspecified atom stereocenters. The second kappa shape index (κ2) is 10.9. The Labute approximate surface area is 206 Å². The molecule has 182 valence electrons. The number of fused-ring (bicyclic) bond motifs is 1. The van der Waals surface area contributed by atoms with Crippen molar-refractivity contribution >= 4 is 33.8 Å². The Morgan fingerprint density at radius 1 is 1.06 bits per heavy atom. The molecular weight excluding hydrogens is 436 g/mol. The molecule has 2 aliphatic rings. The Morgan fingerprint density at radius 2 is 1.89 bits per heavy atom. The van der Waals surface area contributed by atoms with Crippen LogP contribution in [0.3, 0.4) is 0 Å².